The molecular formula is C15H21N5O. The molecule has 0 aliphatic carbocycles. The zero-order valence-corrected chi connectivity index (χ0v) is 12.6. The van der Waals surface area contributed by atoms with Crippen LogP contribution in [0.15, 0.2) is 46.0 Å². The Bertz CT molecular complexity index is 578. The zero-order chi connectivity index (χ0) is 15.1. The first-order chi connectivity index (χ1) is 10.2. The first-order valence-electron chi connectivity index (χ1n) is 6.79. The number of nitrogens with zero attached hydrogens (tertiary/aromatic N) is 3. The largest absolute Gasteiger partial charge is 0.467 e. The molecule has 2 rings (SSSR count). The van der Waals surface area contributed by atoms with Gasteiger partial charge >= 0.3 is 0 Å². The van der Waals surface area contributed by atoms with Crippen LogP contribution in [0.1, 0.15) is 11.5 Å². The van der Waals surface area contributed by atoms with Crippen LogP contribution < -0.4 is 15.5 Å². The van der Waals surface area contributed by atoms with Gasteiger partial charge in [-0.05, 0) is 24.3 Å². The van der Waals surface area contributed by atoms with Crippen LogP contribution in [-0.2, 0) is 13.1 Å². The van der Waals surface area contributed by atoms with E-state index >= 15 is 0 Å². The maximum atomic E-state index is 5.27. The molecule has 0 aromatic carbocycles. The van der Waals surface area contributed by atoms with Gasteiger partial charge in [0.2, 0.25) is 0 Å². The number of aromatic nitrogens is 1. The van der Waals surface area contributed by atoms with E-state index in [1.165, 1.54) is 0 Å². The number of rotatable bonds is 5. The van der Waals surface area contributed by atoms with Crippen molar-refractivity contribution >= 4 is 11.8 Å². The Hall–Kier alpha value is -2.50. The van der Waals surface area contributed by atoms with Gasteiger partial charge in [0.15, 0.2) is 5.96 Å². The van der Waals surface area contributed by atoms with E-state index in [9.17, 15) is 0 Å². The highest BCUT2D eigenvalue weighted by atomic mass is 16.3. The third-order valence-corrected chi connectivity index (χ3v) is 2.92. The first-order valence-corrected chi connectivity index (χ1v) is 6.79. The molecule has 2 heterocycles. The molecular weight excluding hydrogens is 266 g/mol. The number of guanidine groups is 1. The Balaban J connectivity index is 1.86. The summed E-state index contributed by atoms with van der Waals surface area (Å²) < 4.78 is 5.27. The average molecular weight is 287 g/mol. The highest BCUT2D eigenvalue weighted by Crippen LogP contribution is 2.07. The molecule has 0 spiro atoms. The lowest BCUT2D eigenvalue weighted by Gasteiger charge is -2.14. The second-order valence-corrected chi connectivity index (χ2v) is 4.74. The molecule has 0 aliphatic heterocycles. The lowest BCUT2D eigenvalue weighted by atomic mass is 10.3. The molecule has 0 bridgehead atoms. The van der Waals surface area contributed by atoms with Crippen LogP contribution in [-0.4, -0.2) is 32.1 Å². The van der Waals surface area contributed by atoms with Crippen molar-refractivity contribution in [1.82, 2.24) is 15.6 Å². The average Bonchev–Trinajstić information content (AvgIpc) is 3.01. The number of anilines is 1. The summed E-state index contributed by atoms with van der Waals surface area (Å²) in [6, 6.07) is 9.75. The number of hydrogen-bond acceptors (Lipinski definition) is 4. The van der Waals surface area contributed by atoms with Crippen LogP contribution in [0.2, 0.25) is 0 Å². The fourth-order valence-corrected chi connectivity index (χ4v) is 1.79. The van der Waals surface area contributed by atoms with Gasteiger partial charge in [-0.3, -0.25) is 4.99 Å². The minimum Gasteiger partial charge on any atom is -0.467 e. The van der Waals surface area contributed by atoms with Crippen molar-refractivity contribution in [2.45, 2.75) is 13.1 Å². The molecule has 21 heavy (non-hydrogen) atoms. The van der Waals surface area contributed by atoms with Gasteiger partial charge in [-0.2, -0.15) is 0 Å². The summed E-state index contributed by atoms with van der Waals surface area (Å²) in [7, 11) is 5.69. The van der Waals surface area contributed by atoms with Gasteiger partial charge < -0.3 is 20.0 Å². The summed E-state index contributed by atoms with van der Waals surface area (Å²) in [4.78, 5) is 10.7. The quantitative estimate of drug-likeness (QED) is 0.646. The summed E-state index contributed by atoms with van der Waals surface area (Å²) in [5.74, 6) is 2.52. The van der Waals surface area contributed by atoms with E-state index in [0.717, 1.165) is 17.3 Å². The normalized spacial score (nSPS) is 11.3. The van der Waals surface area contributed by atoms with Gasteiger partial charge in [-0.15, -0.1) is 0 Å². The smallest absolute Gasteiger partial charge is 0.191 e. The van der Waals surface area contributed by atoms with E-state index in [4.69, 9.17) is 4.42 Å². The fourth-order valence-electron chi connectivity index (χ4n) is 1.79. The van der Waals surface area contributed by atoms with Crippen LogP contribution in [0.25, 0.3) is 0 Å². The van der Waals surface area contributed by atoms with Crippen molar-refractivity contribution < 1.29 is 4.42 Å². The fraction of sp³-hybridized carbons (Fsp3) is 0.333. The summed E-state index contributed by atoms with van der Waals surface area (Å²) >= 11 is 0. The van der Waals surface area contributed by atoms with E-state index in [2.05, 4.69) is 20.6 Å². The maximum Gasteiger partial charge on any atom is 0.191 e. The van der Waals surface area contributed by atoms with Crippen LogP contribution in [0.4, 0.5) is 5.82 Å². The van der Waals surface area contributed by atoms with Crippen molar-refractivity contribution in [2.24, 2.45) is 4.99 Å². The molecule has 0 atom stereocenters. The van der Waals surface area contributed by atoms with Gasteiger partial charge in [0.25, 0.3) is 0 Å². The third kappa shape index (κ3) is 4.52. The predicted molar refractivity (Wildman–Crippen MR) is 84.3 cm³/mol. The number of pyridine rings is 1. The van der Waals surface area contributed by atoms with Gasteiger partial charge in [0, 0.05) is 21.1 Å². The molecule has 0 saturated carbocycles. The van der Waals surface area contributed by atoms with Crippen LogP contribution in [0, 0.1) is 0 Å². The van der Waals surface area contributed by atoms with Crippen molar-refractivity contribution in [3.05, 3.63) is 48.0 Å². The minimum atomic E-state index is 0.595. The van der Waals surface area contributed by atoms with Crippen LogP contribution in [0.3, 0.4) is 0 Å². The molecule has 0 unspecified atom stereocenters. The van der Waals surface area contributed by atoms with Crippen molar-refractivity contribution in [3.63, 3.8) is 0 Å². The van der Waals surface area contributed by atoms with E-state index in [1.807, 2.05) is 49.3 Å². The summed E-state index contributed by atoms with van der Waals surface area (Å²) in [6.07, 6.45) is 1.66. The van der Waals surface area contributed by atoms with E-state index < -0.39 is 0 Å². The number of aliphatic imine (C=N–C) groups is 1. The first kappa shape index (κ1) is 14.9. The second-order valence-electron chi connectivity index (χ2n) is 4.74. The van der Waals surface area contributed by atoms with Crippen molar-refractivity contribution in [2.75, 3.05) is 26.0 Å². The van der Waals surface area contributed by atoms with Crippen molar-refractivity contribution in [1.29, 1.82) is 0 Å². The molecule has 6 heteroatoms. The third-order valence-electron chi connectivity index (χ3n) is 2.92. The highest BCUT2D eigenvalue weighted by Gasteiger charge is 2.02. The van der Waals surface area contributed by atoms with Crippen LogP contribution in [0.5, 0.6) is 0 Å². The number of furan rings is 1. The van der Waals surface area contributed by atoms with Gasteiger partial charge in [-0.1, -0.05) is 6.07 Å². The maximum absolute atomic E-state index is 5.27. The summed E-state index contributed by atoms with van der Waals surface area (Å²) in [5.41, 5.74) is 0.960. The molecule has 2 N–H and O–H groups in total. The van der Waals surface area contributed by atoms with E-state index in [-0.39, 0.29) is 0 Å². The van der Waals surface area contributed by atoms with Gasteiger partial charge in [0.1, 0.15) is 11.6 Å². The van der Waals surface area contributed by atoms with Crippen molar-refractivity contribution in [3.8, 4) is 0 Å². The molecule has 112 valence electrons. The topological polar surface area (TPSA) is 65.7 Å². The summed E-state index contributed by atoms with van der Waals surface area (Å²) in [5, 5.41) is 6.42. The lowest BCUT2D eigenvalue weighted by molar-refractivity contribution is 0.501. The monoisotopic (exact) mass is 287 g/mol. The standard InChI is InChI=1S/C15H21N5O/c1-16-15(18-11-13-7-5-9-21-13)17-10-12-6-4-8-14(19-12)20(2)3/h4-9H,10-11H2,1-3H3,(H2,16,17,18). The number of nitrogens with one attached hydrogen (secondary N) is 2. The van der Waals surface area contributed by atoms with E-state index in [0.29, 0.717) is 19.0 Å². The molecule has 0 amide bonds. The Kier molecular flexibility index (Phi) is 5.20. The lowest BCUT2D eigenvalue weighted by Crippen LogP contribution is -2.36. The molecule has 2 aromatic heterocycles. The molecule has 6 nitrogen and oxygen atoms in total. The Morgan fingerprint density at radius 2 is 2.00 bits per heavy atom. The Morgan fingerprint density at radius 1 is 1.19 bits per heavy atom. The summed E-state index contributed by atoms with van der Waals surface area (Å²) in [6.45, 7) is 1.21. The molecule has 0 saturated heterocycles. The molecule has 0 radical (unpaired) electrons. The van der Waals surface area contributed by atoms with Crippen LogP contribution >= 0.6 is 0 Å². The number of hydrogen-bond donors (Lipinski definition) is 2. The molecule has 0 fully saturated rings. The predicted octanol–water partition coefficient (Wildman–Crippen LogP) is 1.61. The second kappa shape index (κ2) is 7.33. The van der Waals surface area contributed by atoms with E-state index in [1.54, 1.807) is 13.3 Å². The zero-order valence-electron chi connectivity index (χ0n) is 12.6. The highest BCUT2D eigenvalue weighted by molar-refractivity contribution is 5.79. The van der Waals surface area contributed by atoms with Gasteiger partial charge in [0.05, 0.1) is 25.0 Å². The Morgan fingerprint density at radius 3 is 2.67 bits per heavy atom. The minimum absolute atomic E-state index is 0.595. The Labute approximate surface area is 124 Å². The molecule has 2 aromatic rings. The van der Waals surface area contributed by atoms with Gasteiger partial charge in [-0.25, -0.2) is 4.98 Å². The molecule has 0 aliphatic rings. The SMILES string of the molecule is CN=C(NCc1cccc(N(C)C)n1)NCc1ccco1.